The summed E-state index contributed by atoms with van der Waals surface area (Å²) in [6.45, 7) is 12.6. The lowest BCUT2D eigenvalue weighted by Gasteiger charge is -2.22. The zero-order valence-corrected chi connectivity index (χ0v) is 29.3. The highest BCUT2D eigenvalue weighted by Gasteiger charge is 2.23. The molecule has 0 aliphatic carbocycles. The molecule has 256 valence electrons. The topological polar surface area (TPSA) is 94.5 Å². The van der Waals surface area contributed by atoms with Gasteiger partial charge in [0.1, 0.15) is 17.1 Å². The molecule has 2 amide bonds. The minimum atomic E-state index is -0.471. The fourth-order valence-electron chi connectivity index (χ4n) is 6.03. The number of para-hydroxylation sites is 1. The van der Waals surface area contributed by atoms with Crippen LogP contribution in [-0.4, -0.2) is 28.8 Å². The third-order valence-corrected chi connectivity index (χ3v) is 8.54. The summed E-state index contributed by atoms with van der Waals surface area (Å²) in [5.41, 5.74) is 5.84. The van der Waals surface area contributed by atoms with E-state index in [1.54, 1.807) is 10.8 Å². The van der Waals surface area contributed by atoms with Crippen LogP contribution in [0.1, 0.15) is 82.4 Å². The molecule has 2 heterocycles. The summed E-state index contributed by atoms with van der Waals surface area (Å²) in [6.07, 6.45) is 4.13. The number of ether oxygens (including phenoxy) is 2. The lowest BCUT2D eigenvalue weighted by molar-refractivity contribution is 0.107. The maximum atomic E-state index is 14.3. The first-order valence-electron chi connectivity index (χ1n) is 17.4. The Morgan fingerprint density at radius 3 is 2.24 bits per heavy atom. The van der Waals surface area contributed by atoms with E-state index < -0.39 is 6.03 Å². The second-order valence-electron chi connectivity index (χ2n) is 12.9. The molecule has 0 aliphatic rings. The molecule has 0 unspecified atom stereocenters. The molecule has 0 spiro atoms. The number of urea groups is 1. The molecular formula is C41H48N4O4. The highest BCUT2D eigenvalue weighted by atomic mass is 16.5. The average molecular weight is 661 g/mol. The van der Waals surface area contributed by atoms with Crippen LogP contribution in [0, 0.1) is 0 Å². The van der Waals surface area contributed by atoms with Crippen molar-refractivity contribution in [2.75, 3.05) is 23.8 Å². The van der Waals surface area contributed by atoms with Gasteiger partial charge in [-0.05, 0) is 64.8 Å². The van der Waals surface area contributed by atoms with E-state index in [2.05, 4.69) is 50.2 Å². The van der Waals surface area contributed by atoms with Gasteiger partial charge >= 0.3 is 6.03 Å². The molecular weight excluding hydrogens is 612 g/mol. The van der Waals surface area contributed by atoms with E-state index in [1.807, 2.05) is 84.9 Å². The van der Waals surface area contributed by atoms with Gasteiger partial charge in [0, 0.05) is 35.8 Å². The van der Waals surface area contributed by atoms with E-state index in [1.165, 1.54) is 0 Å². The highest BCUT2D eigenvalue weighted by molar-refractivity contribution is 6.07. The normalized spacial score (nSPS) is 11.3. The number of carbonyl (C=O) groups excluding carboxylic acids is 1. The lowest BCUT2D eigenvalue weighted by atomic mass is 9.93. The fourth-order valence-corrected chi connectivity index (χ4v) is 6.03. The number of hydrogen-bond acceptors (Lipinski definition) is 5. The molecule has 0 fully saturated rings. The molecule has 0 aliphatic heterocycles. The van der Waals surface area contributed by atoms with Crippen molar-refractivity contribution >= 4 is 28.4 Å². The van der Waals surface area contributed by atoms with Crippen LogP contribution in [0.3, 0.4) is 0 Å². The zero-order valence-electron chi connectivity index (χ0n) is 29.3. The Labute approximate surface area is 289 Å². The maximum absolute atomic E-state index is 14.3. The number of unbranched alkanes of at least 4 members (excludes halogenated alkanes) is 1. The number of nitrogens with one attached hydrogen (secondary N) is 2. The molecule has 5 rings (SSSR count). The van der Waals surface area contributed by atoms with Gasteiger partial charge in [0.15, 0.2) is 0 Å². The van der Waals surface area contributed by atoms with Crippen molar-refractivity contribution in [1.29, 1.82) is 0 Å². The van der Waals surface area contributed by atoms with Crippen LogP contribution in [0.4, 0.5) is 16.2 Å². The van der Waals surface area contributed by atoms with Crippen molar-refractivity contribution in [2.45, 2.75) is 78.9 Å². The molecule has 0 bridgehead atoms. The number of hydrogen-bond donors (Lipinski definition) is 2. The Hall–Kier alpha value is -4.95. The molecule has 0 atom stereocenters. The first-order chi connectivity index (χ1) is 23.8. The number of anilines is 2. The molecule has 3 aromatic carbocycles. The number of aromatic nitrogens is 2. The Morgan fingerprint density at radius 2 is 1.53 bits per heavy atom. The SMILES string of the molecule is CCCCn1c(=O)c(NC(=O)Nc2c(C(C)C)cccc2C(C)C)c(-c2cccc(OCCCOCc3ccccc3)c2)c2cccnc21. The number of fused-ring (bicyclic) bond motifs is 1. The van der Waals surface area contributed by atoms with Crippen LogP contribution < -0.4 is 20.9 Å². The third-order valence-electron chi connectivity index (χ3n) is 8.54. The molecule has 0 radical (unpaired) electrons. The molecule has 2 N–H and O–H groups in total. The quantitative estimate of drug-likeness (QED) is 0.109. The number of amides is 2. The van der Waals surface area contributed by atoms with Gasteiger partial charge < -0.3 is 20.1 Å². The van der Waals surface area contributed by atoms with Gasteiger partial charge in [-0.1, -0.05) is 102 Å². The molecule has 0 saturated heterocycles. The summed E-state index contributed by atoms with van der Waals surface area (Å²) in [4.78, 5) is 32.9. The average Bonchev–Trinajstić information content (AvgIpc) is 3.10. The summed E-state index contributed by atoms with van der Waals surface area (Å²) < 4.78 is 13.6. The predicted molar refractivity (Wildman–Crippen MR) is 200 cm³/mol. The minimum absolute atomic E-state index is 0.195. The molecule has 49 heavy (non-hydrogen) atoms. The summed E-state index contributed by atoms with van der Waals surface area (Å²) >= 11 is 0. The largest absolute Gasteiger partial charge is 0.493 e. The van der Waals surface area contributed by atoms with Crippen molar-refractivity contribution in [3.8, 4) is 16.9 Å². The van der Waals surface area contributed by atoms with Crippen LogP contribution in [0.2, 0.25) is 0 Å². The van der Waals surface area contributed by atoms with E-state index in [4.69, 9.17) is 9.47 Å². The van der Waals surface area contributed by atoms with Gasteiger partial charge in [-0.2, -0.15) is 0 Å². The molecule has 5 aromatic rings. The Morgan fingerprint density at radius 1 is 0.816 bits per heavy atom. The van der Waals surface area contributed by atoms with E-state index in [0.717, 1.165) is 52.6 Å². The number of nitrogens with zero attached hydrogens (tertiary/aromatic N) is 2. The fraction of sp³-hybridized carbons (Fsp3) is 0.341. The Kier molecular flexibility index (Phi) is 12.2. The summed E-state index contributed by atoms with van der Waals surface area (Å²) in [5, 5.41) is 6.89. The summed E-state index contributed by atoms with van der Waals surface area (Å²) in [5.74, 6) is 1.05. The van der Waals surface area contributed by atoms with E-state index in [-0.39, 0.29) is 23.1 Å². The standard InChI is InChI=1S/C41H48N4O4/c1-6-7-23-45-39-35(21-13-22-42-39)36(31-17-11-18-32(26-31)49-25-14-24-48-27-30-15-9-8-10-16-30)38(40(45)46)44-41(47)43-37-33(28(2)3)19-12-20-34(37)29(4)5/h8-13,15-22,26,28-29H,6-7,14,23-25,27H2,1-5H3,(H2,43,44,47). The number of rotatable bonds is 15. The molecule has 8 nitrogen and oxygen atoms in total. The van der Waals surface area contributed by atoms with Gasteiger partial charge in [0.2, 0.25) is 0 Å². The number of pyridine rings is 2. The highest BCUT2D eigenvalue weighted by Crippen LogP contribution is 2.36. The van der Waals surface area contributed by atoms with Crippen molar-refractivity contribution in [1.82, 2.24) is 9.55 Å². The van der Waals surface area contributed by atoms with Crippen LogP contribution in [0.15, 0.2) is 95.9 Å². The van der Waals surface area contributed by atoms with Crippen molar-refractivity contribution in [3.05, 3.63) is 118 Å². The summed E-state index contributed by atoms with van der Waals surface area (Å²) in [6, 6.07) is 27.2. The maximum Gasteiger partial charge on any atom is 0.323 e. The minimum Gasteiger partial charge on any atom is -0.493 e. The van der Waals surface area contributed by atoms with Gasteiger partial charge in [0.25, 0.3) is 5.56 Å². The monoisotopic (exact) mass is 660 g/mol. The number of aryl methyl sites for hydroxylation is 1. The molecule has 0 saturated carbocycles. The van der Waals surface area contributed by atoms with Crippen molar-refractivity contribution < 1.29 is 14.3 Å². The van der Waals surface area contributed by atoms with Gasteiger partial charge in [-0.3, -0.25) is 9.36 Å². The predicted octanol–water partition coefficient (Wildman–Crippen LogP) is 9.74. The van der Waals surface area contributed by atoms with E-state index >= 15 is 0 Å². The lowest BCUT2D eigenvalue weighted by Crippen LogP contribution is -2.30. The van der Waals surface area contributed by atoms with Crippen LogP contribution >= 0.6 is 0 Å². The molecule has 8 heteroatoms. The van der Waals surface area contributed by atoms with Crippen molar-refractivity contribution in [3.63, 3.8) is 0 Å². The Balaban J connectivity index is 1.46. The first kappa shape index (κ1) is 35.4. The second-order valence-corrected chi connectivity index (χ2v) is 12.9. The van der Waals surface area contributed by atoms with Crippen LogP contribution in [0.25, 0.3) is 22.2 Å². The van der Waals surface area contributed by atoms with Gasteiger partial charge in [0.05, 0.1) is 19.8 Å². The van der Waals surface area contributed by atoms with E-state index in [0.29, 0.717) is 43.3 Å². The first-order valence-corrected chi connectivity index (χ1v) is 17.4. The number of carbonyl (C=O) groups is 1. The van der Waals surface area contributed by atoms with E-state index in [9.17, 15) is 9.59 Å². The molecule has 2 aromatic heterocycles. The Bertz CT molecular complexity index is 1890. The number of benzene rings is 3. The van der Waals surface area contributed by atoms with Crippen LogP contribution in [0.5, 0.6) is 5.75 Å². The third kappa shape index (κ3) is 8.75. The van der Waals surface area contributed by atoms with Gasteiger partial charge in [-0.25, -0.2) is 9.78 Å². The summed E-state index contributed by atoms with van der Waals surface area (Å²) in [7, 11) is 0. The van der Waals surface area contributed by atoms with Crippen LogP contribution in [-0.2, 0) is 17.9 Å². The second kappa shape index (κ2) is 16.9. The smallest absolute Gasteiger partial charge is 0.323 e. The zero-order chi connectivity index (χ0) is 34.8. The van der Waals surface area contributed by atoms with Gasteiger partial charge in [-0.15, -0.1) is 0 Å². The van der Waals surface area contributed by atoms with Crippen molar-refractivity contribution in [2.24, 2.45) is 0 Å².